The van der Waals surface area contributed by atoms with Gasteiger partial charge in [-0.1, -0.05) is 0 Å². The number of aryl methyl sites for hydroxylation is 1. The van der Waals surface area contributed by atoms with Crippen molar-refractivity contribution in [3.63, 3.8) is 0 Å². The molecule has 7 heteroatoms. The van der Waals surface area contributed by atoms with Crippen molar-refractivity contribution < 1.29 is 18.7 Å². The van der Waals surface area contributed by atoms with Gasteiger partial charge in [0.15, 0.2) is 11.5 Å². The first-order chi connectivity index (χ1) is 15.1. The monoisotopic (exact) mass is 427 g/mol. The fourth-order valence-electron chi connectivity index (χ4n) is 4.59. The van der Waals surface area contributed by atoms with Gasteiger partial charge in [0, 0.05) is 31.1 Å². The Morgan fingerprint density at radius 1 is 1.06 bits per heavy atom. The van der Waals surface area contributed by atoms with Crippen molar-refractivity contribution in [2.75, 3.05) is 40.4 Å². The van der Waals surface area contributed by atoms with Gasteiger partial charge < -0.3 is 18.8 Å². The lowest BCUT2D eigenvalue weighted by atomic mass is 9.94. The van der Waals surface area contributed by atoms with Crippen LogP contribution in [0.5, 0.6) is 11.5 Å². The van der Waals surface area contributed by atoms with Crippen molar-refractivity contribution in [2.45, 2.75) is 45.6 Å². The number of carbonyl (C=O) groups excluding carboxylic acids is 1. The van der Waals surface area contributed by atoms with Crippen molar-refractivity contribution in [3.05, 3.63) is 29.7 Å². The Bertz CT molecular complexity index is 896. The number of hydrogen-bond acceptors (Lipinski definition) is 6. The third-order valence-electron chi connectivity index (χ3n) is 6.50. The van der Waals surface area contributed by atoms with E-state index in [1.807, 2.05) is 25.1 Å². The van der Waals surface area contributed by atoms with Gasteiger partial charge >= 0.3 is 0 Å². The first-order valence-corrected chi connectivity index (χ1v) is 11.3. The minimum Gasteiger partial charge on any atom is -0.493 e. The summed E-state index contributed by atoms with van der Waals surface area (Å²) in [7, 11) is 3.24. The van der Waals surface area contributed by atoms with E-state index < -0.39 is 0 Å². The van der Waals surface area contributed by atoms with Gasteiger partial charge in [-0.15, -0.1) is 0 Å². The van der Waals surface area contributed by atoms with Crippen LogP contribution in [0.1, 0.15) is 43.6 Å². The van der Waals surface area contributed by atoms with Crippen LogP contribution in [-0.2, 0) is 11.3 Å². The standard InChI is InChI=1S/C24H33N3O4/c1-17-20(25-23(31-17)19-7-8-21(29-2)22(15-19)30-3)16-26-13-9-18(10-14-26)24(28)27-11-5-4-6-12-27/h7-8,15,18H,4-6,9-14,16H2,1-3H3. The van der Waals surface area contributed by atoms with Crippen molar-refractivity contribution in [3.8, 4) is 23.0 Å². The number of hydrogen-bond donors (Lipinski definition) is 0. The van der Waals surface area contributed by atoms with Gasteiger partial charge in [0.25, 0.3) is 0 Å². The maximum absolute atomic E-state index is 12.8. The zero-order chi connectivity index (χ0) is 21.8. The van der Waals surface area contributed by atoms with Crippen molar-refractivity contribution >= 4 is 5.91 Å². The van der Waals surface area contributed by atoms with Crippen molar-refractivity contribution in [2.24, 2.45) is 5.92 Å². The quantitative estimate of drug-likeness (QED) is 0.697. The molecule has 2 aromatic rings. The van der Waals surface area contributed by atoms with Crippen LogP contribution in [0.2, 0.25) is 0 Å². The molecule has 1 amide bonds. The Morgan fingerprint density at radius 3 is 2.45 bits per heavy atom. The number of oxazole rings is 1. The first kappa shape index (κ1) is 21.7. The summed E-state index contributed by atoms with van der Waals surface area (Å²) >= 11 is 0. The molecule has 0 unspecified atom stereocenters. The SMILES string of the molecule is COc1ccc(-c2nc(CN3CCC(C(=O)N4CCCCC4)CC3)c(C)o2)cc1OC. The Balaban J connectivity index is 1.37. The molecule has 0 spiro atoms. The first-order valence-electron chi connectivity index (χ1n) is 11.3. The average Bonchev–Trinajstić information content (AvgIpc) is 3.19. The second-order valence-electron chi connectivity index (χ2n) is 8.53. The van der Waals surface area contributed by atoms with Gasteiger partial charge in [0.2, 0.25) is 11.8 Å². The number of piperidine rings is 2. The minimum atomic E-state index is 0.176. The van der Waals surface area contributed by atoms with Crippen molar-refractivity contribution in [1.29, 1.82) is 0 Å². The summed E-state index contributed by atoms with van der Waals surface area (Å²) in [5.74, 6) is 3.29. The molecular formula is C24H33N3O4. The highest BCUT2D eigenvalue weighted by Crippen LogP contribution is 2.33. The van der Waals surface area contributed by atoms with Crippen LogP contribution in [0.25, 0.3) is 11.5 Å². The maximum atomic E-state index is 12.8. The predicted octanol–water partition coefficient (Wildman–Crippen LogP) is 3.89. The second-order valence-corrected chi connectivity index (χ2v) is 8.53. The van der Waals surface area contributed by atoms with Crippen LogP contribution in [-0.4, -0.2) is 61.1 Å². The highest BCUT2D eigenvalue weighted by Gasteiger charge is 2.29. The number of rotatable bonds is 6. The van der Waals surface area contributed by atoms with E-state index in [4.69, 9.17) is 18.9 Å². The molecule has 0 atom stereocenters. The minimum absolute atomic E-state index is 0.176. The smallest absolute Gasteiger partial charge is 0.226 e. The summed E-state index contributed by atoms with van der Waals surface area (Å²) in [6.45, 7) is 6.42. The molecule has 0 bridgehead atoms. The van der Waals surface area contributed by atoms with Gasteiger partial charge in [-0.3, -0.25) is 9.69 Å². The molecule has 2 aliphatic rings. The summed E-state index contributed by atoms with van der Waals surface area (Å²) in [5.41, 5.74) is 1.81. The Hall–Kier alpha value is -2.54. The number of methoxy groups -OCH3 is 2. The number of ether oxygens (including phenoxy) is 2. The second kappa shape index (κ2) is 9.73. The zero-order valence-corrected chi connectivity index (χ0v) is 18.9. The Morgan fingerprint density at radius 2 is 1.77 bits per heavy atom. The van der Waals surface area contributed by atoms with Gasteiger partial charge in [-0.25, -0.2) is 4.98 Å². The predicted molar refractivity (Wildman–Crippen MR) is 118 cm³/mol. The average molecular weight is 428 g/mol. The van der Waals surface area contributed by atoms with Gasteiger partial charge in [0.05, 0.1) is 19.9 Å². The van der Waals surface area contributed by atoms with Crippen LogP contribution in [0.15, 0.2) is 22.6 Å². The molecule has 168 valence electrons. The Kier molecular flexibility index (Phi) is 6.80. The van der Waals surface area contributed by atoms with E-state index in [2.05, 4.69) is 9.80 Å². The van der Waals surface area contributed by atoms with Crippen LogP contribution < -0.4 is 9.47 Å². The number of benzene rings is 1. The van der Waals surface area contributed by atoms with E-state index in [0.717, 1.165) is 75.4 Å². The van der Waals surface area contributed by atoms with E-state index in [1.165, 1.54) is 6.42 Å². The largest absolute Gasteiger partial charge is 0.493 e. The molecule has 0 radical (unpaired) electrons. The number of likely N-dealkylation sites (tertiary alicyclic amines) is 2. The normalized spacial score (nSPS) is 18.2. The third-order valence-corrected chi connectivity index (χ3v) is 6.50. The molecule has 31 heavy (non-hydrogen) atoms. The summed E-state index contributed by atoms with van der Waals surface area (Å²) in [5, 5.41) is 0. The molecular weight excluding hydrogens is 394 g/mol. The van der Waals surface area contributed by atoms with E-state index in [-0.39, 0.29) is 5.92 Å². The fraction of sp³-hybridized carbons (Fsp3) is 0.583. The van der Waals surface area contributed by atoms with Crippen LogP contribution >= 0.6 is 0 Å². The number of nitrogens with zero attached hydrogens (tertiary/aromatic N) is 3. The lowest BCUT2D eigenvalue weighted by Crippen LogP contribution is -2.44. The molecule has 0 N–H and O–H groups in total. The topological polar surface area (TPSA) is 68.0 Å². The summed E-state index contributed by atoms with van der Waals surface area (Å²) in [6.07, 6.45) is 5.41. The van der Waals surface area contributed by atoms with E-state index in [1.54, 1.807) is 14.2 Å². The number of aromatic nitrogens is 1. The molecule has 4 rings (SSSR count). The van der Waals surface area contributed by atoms with E-state index in [0.29, 0.717) is 23.3 Å². The third kappa shape index (κ3) is 4.87. The highest BCUT2D eigenvalue weighted by molar-refractivity contribution is 5.79. The molecule has 1 aromatic heterocycles. The molecule has 3 heterocycles. The molecule has 0 aliphatic carbocycles. The molecule has 2 aliphatic heterocycles. The van der Waals surface area contributed by atoms with Crippen LogP contribution in [0, 0.1) is 12.8 Å². The summed E-state index contributed by atoms with van der Waals surface area (Å²) in [4.78, 5) is 22.0. The Labute approximate surface area is 184 Å². The van der Waals surface area contributed by atoms with E-state index in [9.17, 15) is 4.79 Å². The summed E-state index contributed by atoms with van der Waals surface area (Å²) < 4.78 is 16.7. The highest BCUT2D eigenvalue weighted by atomic mass is 16.5. The molecule has 7 nitrogen and oxygen atoms in total. The van der Waals surface area contributed by atoms with Crippen LogP contribution in [0.3, 0.4) is 0 Å². The van der Waals surface area contributed by atoms with Gasteiger partial charge in [-0.05, 0) is 70.3 Å². The molecule has 1 aromatic carbocycles. The number of amides is 1. The molecule has 2 fully saturated rings. The van der Waals surface area contributed by atoms with Crippen LogP contribution in [0.4, 0.5) is 0 Å². The van der Waals surface area contributed by atoms with Gasteiger partial charge in [0.1, 0.15) is 5.76 Å². The van der Waals surface area contributed by atoms with Gasteiger partial charge in [-0.2, -0.15) is 0 Å². The zero-order valence-electron chi connectivity index (χ0n) is 18.9. The number of carbonyl (C=O) groups is 1. The maximum Gasteiger partial charge on any atom is 0.226 e. The lowest BCUT2D eigenvalue weighted by Gasteiger charge is -2.35. The molecule has 2 saturated heterocycles. The fourth-order valence-corrected chi connectivity index (χ4v) is 4.59. The summed E-state index contributed by atoms with van der Waals surface area (Å²) in [6, 6.07) is 5.66. The van der Waals surface area contributed by atoms with E-state index >= 15 is 0 Å². The molecule has 0 saturated carbocycles. The lowest BCUT2D eigenvalue weighted by molar-refractivity contribution is -0.138. The van der Waals surface area contributed by atoms with Crippen molar-refractivity contribution in [1.82, 2.24) is 14.8 Å².